The van der Waals surface area contributed by atoms with E-state index in [4.69, 9.17) is 23.8 Å². The van der Waals surface area contributed by atoms with Crippen LogP contribution in [0, 0.1) is 6.92 Å². The molecule has 22 heavy (non-hydrogen) atoms. The predicted molar refractivity (Wildman–Crippen MR) is 99.9 cm³/mol. The lowest BCUT2D eigenvalue weighted by Gasteiger charge is -2.43. The first-order valence-corrected chi connectivity index (χ1v) is 8.70. The lowest BCUT2D eigenvalue weighted by atomic mass is 9.80. The van der Waals surface area contributed by atoms with Gasteiger partial charge in [0.15, 0.2) is 5.11 Å². The SMILES string of the molecule is Cc1ccc(NC(=S)NCC2(N(C)C)CCCCC2)cc1Cl. The van der Waals surface area contributed by atoms with Gasteiger partial charge < -0.3 is 15.5 Å². The summed E-state index contributed by atoms with van der Waals surface area (Å²) in [5.74, 6) is 0. The van der Waals surface area contributed by atoms with Crippen LogP contribution >= 0.6 is 23.8 Å². The number of rotatable bonds is 4. The summed E-state index contributed by atoms with van der Waals surface area (Å²) in [6, 6.07) is 5.90. The first kappa shape index (κ1) is 17.5. The standard InChI is InChI=1S/C17H26ClN3S/c1-13-7-8-14(11-15(13)18)20-16(22)19-12-17(21(2)3)9-5-4-6-10-17/h7-8,11H,4-6,9-10,12H2,1-3H3,(H2,19,20,22). The molecule has 1 aromatic rings. The lowest BCUT2D eigenvalue weighted by Crippen LogP contribution is -2.54. The number of nitrogens with zero attached hydrogens (tertiary/aromatic N) is 1. The van der Waals surface area contributed by atoms with E-state index >= 15 is 0 Å². The van der Waals surface area contributed by atoms with Gasteiger partial charge in [0.2, 0.25) is 0 Å². The van der Waals surface area contributed by atoms with E-state index in [0.29, 0.717) is 5.11 Å². The molecule has 2 N–H and O–H groups in total. The van der Waals surface area contributed by atoms with Gasteiger partial charge in [-0.15, -0.1) is 0 Å². The molecule has 0 amide bonds. The maximum Gasteiger partial charge on any atom is 0.170 e. The molecule has 1 fully saturated rings. The monoisotopic (exact) mass is 339 g/mol. The summed E-state index contributed by atoms with van der Waals surface area (Å²) in [7, 11) is 4.34. The Morgan fingerprint density at radius 1 is 1.27 bits per heavy atom. The largest absolute Gasteiger partial charge is 0.361 e. The van der Waals surface area contributed by atoms with Crippen molar-refractivity contribution in [2.24, 2.45) is 0 Å². The topological polar surface area (TPSA) is 27.3 Å². The first-order valence-electron chi connectivity index (χ1n) is 7.91. The Labute approximate surface area is 144 Å². The number of hydrogen-bond donors (Lipinski definition) is 2. The zero-order valence-corrected chi connectivity index (χ0v) is 15.3. The van der Waals surface area contributed by atoms with Gasteiger partial charge in [-0.25, -0.2) is 0 Å². The third-order valence-electron chi connectivity index (χ3n) is 4.74. The Kier molecular flexibility index (Phi) is 6.07. The molecule has 0 spiro atoms. The highest BCUT2D eigenvalue weighted by molar-refractivity contribution is 7.80. The summed E-state index contributed by atoms with van der Waals surface area (Å²) >= 11 is 11.6. The second-order valence-electron chi connectivity index (χ2n) is 6.45. The zero-order valence-electron chi connectivity index (χ0n) is 13.7. The fraction of sp³-hybridized carbons (Fsp3) is 0.588. The third-order valence-corrected chi connectivity index (χ3v) is 5.39. The molecule has 1 aliphatic rings. The molecule has 0 radical (unpaired) electrons. The summed E-state index contributed by atoms with van der Waals surface area (Å²) in [4.78, 5) is 2.35. The Bertz CT molecular complexity index is 525. The highest BCUT2D eigenvalue weighted by Crippen LogP contribution is 2.31. The lowest BCUT2D eigenvalue weighted by molar-refractivity contribution is 0.104. The van der Waals surface area contributed by atoms with Crippen molar-refractivity contribution < 1.29 is 0 Å². The van der Waals surface area contributed by atoms with E-state index in [9.17, 15) is 0 Å². The van der Waals surface area contributed by atoms with Gasteiger partial charge in [-0.1, -0.05) is 36.9 Å². The third kappa shape index (κ3) is 4.34. The van der Waals surface area contributed by atoms with E-state index in [2.05, 4.69) is 29.6 Å². The van der Waals surface area contributed by atoms with Crippen LogP contribution in [0.2, 0.25) is 5.02 Å². The molecule has 0 bridgehead atoms. The van der Waals surface area contributed by atoms with Crippen molar-refractivity contribution in [3.63, 3.8) is 0 Å². The van der Waals surface area contributed by atoms with Gasteiger partial charge >= 0.3 is 0 Å². The Balaban J connectivity index is 1.92. The van der Waals surface area contributed by atoms with Gasteiger partial charge in [0.25, 0.3) is 0 Å². The molecule has 122 valence electrons. The fourth-order valence-electron chi connectivity index (χ4n) is 3.08. The highest BCUT2D eigenvalue weighted by atomic mass is 35.5. The average Bonchev–Trinajstić information content (AvgIpc) is 2.50. The summed E-state index contributed by atoms with van der Waals surface area (Å²) in [5.41, 5.74) is 2.21. The minimum atomic E-state index is 0.217. The van der Waals surface area contributed by atoms with Crippen LogP contribution in [-0.4, -0.2) is 36.2 Å². The average molecular weight is 340 g/mol. The number of thiocarbonyl (C=S) groups is 1. The first-order chi connectivity index (χ1) is 10.4. The van der Waals surface area contributed by atoms with E-state index in [1.807, 2.05) is 25.1 Å². The number of aryl methyl sites for hydroxylation is 1. The normalized spacial score (nSPS) is 17.3. The van der Waals surface area contributed by atoms with Crippen molar-refractivity contribution in [2.75, 3.05) is 26.0 Å². The van der Waals surface area contributed by atoms with E-state index < -0.39 is 0 Å². The van der Waals surface area contributed by atoms with Crippen LogP contribution in [0.15, 0.2) is 18.2 Å². The molecule has 0 aromatic heterocycles. The van der Waals surface area contributed by atoms with Crippen molar-refractivity contribution in [1.29, 1.82) is 0 Å². The summed E-state index contributed by atoms with van der Waals surface area (Å²) in [6.45, 7) is 2.87. The highest BCUT2D eigenvalue weighted by Gasteiger charge is 2.34. The van der Waals surface area contributed by atoms with Crippen LogP contribution in [0.25, 0.3) is 0 Å². The number of anilines is 1. The number of hydrogen-bond acceptors (Lipinski definition) is 2. The minimum Gasteiger partial charge on any atom is -0.361 e. The molecule has 0 aliphatic heterocycles. The van der Waals surface area contributed by atoms with Gasteiger partial charge in [-0.3, -0.25) is 0 Å². The maximum absolute atomic E-state index is 6.15. The van der Waals surface area contributed by atoms with Crippen LogP contribution in [0.3, 0.4) is 0 Å². The Hall–Kier alpha value is -0.840. The van der Waals surface area contributed by atoms with Crippen molar-refractivity contribution in [3.05, 3.63) is 28.8 Å². The molecule has 1 aliphatic carbocycles. The van der Waals surface area contributed by atoms with E-state index in [-0.39, 0.29) is 5.54 Å². The van der Waals surface area contributed by atoms with E-state index in [1.54, 1.807) is 0 Å². The molecule has 1 saturated carbocycles. The van der Waals surface area contributed by atoms with Gasteiger partial charge in [-0.2, -0.15) is 0 Å². The number of halogens is 1. The van der Waals surface area contributed by atoms with Crippen LogP contribution in [-0.2, 0) is 0 Å². The molecule has 2 rings (SSSR count). The van der Waals surface area contributed by atoms with Crippen molar-refractivity contribution in [2.45, 2.75) is 44.6 Å². The van der Waals surface area contributed by atoms with E-state index in [0.717, 1.165) is 22.8 Å². The fourth-order valence-corrected chi connectivity index (χ4v) is 3.45. The Morgan fingerprint density at radius 2 is 1.95 bits per heavy atom. The molecule has 0 atom stereocenters. The van der Waals surface area contributed by atoms with Gasteiger partial charge in [0.05, 0.1) is 0 Å². The summed E-state index contributed by atoms with van der Waals surface area (Å²) in [5, 5.41) is 8.03. The maximum atomic E-state index is 6.15. The number of likely N-dealkylation sites (N-methyl/N-ethyl adjacent to an activating group) is 1. The van der Waals surface area contributed by atoms with Crippen LogP contribution < -0.4 is 10.6 Å². The van der Waals surface area contributed by atoms with E-state index in [1.165, 1.54) is 32.1 Å². The van der Waals surface area contributed by atoms with Crippen molar-refractivity contribution in [1.82, 2.24) is 10.2 Å². The number of benzene rings is 1. The molecule has 5 heteroatoms. The van der Waals surface area contributed by atoms with Crippen LogP contribution in [0.5, 0.6) is 0 Å². The van der Waals surface area contributed by atoms with Gasteiger partial charge in [0, 0.05) is 22.8 Å². The molecule has 0 unspecified atom stereocenters. The summed E-state index contributed by atoms with van der Waals surface area (Å²) in [6.07, 6.45) is 6.40. The molecular weight excluding hydrogens is 314 g/mol. The summed E-state index contributed by atoms with van der Waals surface area (Å²) < 4.78 is 0. The minimum absolute atomic E-state index is 0.217. The Morgan fingerprint density at radius 3 is 2.55 bits per heavy atom. The molecule has 1 aromatic carbocycles. The number of nitrogens with one attached hydrogen (secondary N) is 2. The molecule has 0 heterocycles. The molecular formula is C17H26ClN3S. The predicted octanol–water partition coefficient (Wildman–Crippen LogP) is 4.20. The zero-order chi connectivity index (χ0) is 16.2. The second kappa shape index (κ2) is 7.62. The molecule has 0 saturated heterocycles. The molecule has 3 nitrogen and oxygen atoms in total. The van der Waals surface area contributed by atoms with Crippen LogP contribution in [0.4, 0.5) is 5.69 Å². The van der Waals surface area contributed by atoms with Crippen molar-refractivity contribution >= 4 is 34.6 Å². The smallest absolute Gasteiger partial charge is 0.170 e. The van der Waals surface area contributed by atoms with Gasteiger partial charge in [0.1, 0.15) is 0 Å². The van der Waals surface area contributed by atoms with Gasteiger partial charge in [-0.05, 0) is 63.8 Å². The van der Waals surface area contributed by atoms with Crippen molar-refractivity contribution in [3.8, 4) is 0 Å². The van der Waals surface area contributed by atoms with Crippen LogP contribution in [0.1, 0.15) is 37.7 Å². The second-order valence-corrected chi connectivity index (χ2v) is 7.27. The quantitative estimate of drug-likeness (QED) is 0.804.